The molecule has 1 unspecified atom stereocenters. The summed E-state index contributed by atoms with van der Waals surface area (Å²) >= 11 is 0. The average Bonchev–Trinajstić information content (AvgIpc) is 2.90. The highest BCUT2D eigenvalue weighted by Crippen LogP contribution is 2.45. The van der Waals surface area contributed by atoms with Gasteiger partial charge in [0.15, 0.2) is 0 Å². The topological polar surface area (TPSA) is 23.9 Å². The van der Waals surface area contributed by atoms with Gasteiger partial charge < -0.3 is 5.41 Å². The lowest BCUT2D eigenvalue weighted by atomic mass is 9.78. The monoisotopic (exact) mass is 357 g/mol. The molecule has 1 heteroatoms. The van der Waals surface area contributed by atoms with E-state index in [1.165, 1.54) is 76.3 Å². The van der Waals surface area contributed by atoms with Gasteiger partial charge in [0, 0.05) is 23.1 Å². The molecule has 0 radical (unpaired) electrons. The number of allylic oxidation sites excluding steroid dienone is 4. The molecular formula is C26H31N. The molecule has 0 spiro atoms. The van der Waals surface area contributed by atoms with Gasteiger partial charge in [0.25, 0.3) is 0 Å². The SMILES string of the molecule is CC1=C(C)C(C)C(c2ccc3ccccc3c2C(=N)C2CCCCC2)=C1C. The first-order valence-electron chi connectivity index (χ1n) is 10.5. The minimum atomic E-state index is 0.413. The molecule has 0 heterocycles. The van der Waals surface area contributed by atoms with Gasteiger partial charge in [-0.25, -0.2) is 0 Å². The number of nitrogens with one attached hydrogen (secondary N) is 1. The van der Waals surface area contributed by atoms with Crippen molar-refractivity contribution in [3.8, 4) is 0 Å². The largest absolute Gasteiger partial charge is 0.304 e. The Morgan fingerprint density at radius 2 is 1.59 bits per heavy atom. The molecule has 2 aliphatic carbocycles. The smallest absolute Gasteiger partial charge is 0.0429 e. The van der Waals surface area contributed by atoms with Crippen molar-refractivity contribution in [3.05, 3.63) is 64.2 Å². The van der Waals surface area contributed by atoms with Crippen LogP contribution in [0.5, 0.6) is 0 Å². The Balaban J connectivity index is 1.93. The lowest BCUT2D eigenvalue weighted by Crippen LogP contribution is -2.20. The molecular weight excluding hydrogens is 326 g/mol. The first kappa shape index (κ1) is 18.2. The minimum absolute atomic E-state index is 0.413. The van der Waals surface area contributed by atoms with E-state index in [1.807, 2.05) is 0 Å². The molecule has 0 aliphatic heterocycles. The van der Waals surface area contributed by atoms with Crippen LogP contribution in [0.3, 0.4) is 0 Å². The van der Waals surface area contributed by atoms with Crippen molar-refractivity contribution in [1.82, 2.24) is 0 Å². The molecule has 140 valence electrons. The summed E-state index contributed by atoms with van der Waals surface area (Å²) in [7, 11) is 0. The van der Waals surface area contributed by atoms with E-state index < -0.39 is 0 Å². The molecule has 1 nitrogen and oxygen atoms in total. The maximum absolute atomic E-state index is 9.21. The third-order valence-corrected chi connectivity index (χ3v) is 7.14. The zero-order valence-corrected chi connectivity index (χ0v) is 17.2. The van der Waals surface area contributed by atoms with E-state index in [2.05, 4.69) is 64.1 Å². The number of hydrogen-bond acceptors (Lipinski definition) is 1. The number of fused-ring (bicyclic) bond motifs is 1. The molecule has 1 saturated carbocycles. The van der Waals surface area contributed by atoms with Gasteiger partial charge in [-0.15, -0.1) is 0 Å². The van der Waals surface area contributed by atoms with Crippen molar-refractivity contribution in [2.45, 2.75) is 59.8 Å². The summed E-state index contributed by atoms with van der Waals surface area (Å²) in [6, 6.07) is 13.2. The fourth-order valence-electron chi connectivity index (χ4n) is 5.18. The summed E-state index contributed by atoms with van der Waals surface area (Å²) in [4.78, 5) is 0. The van der Waals surface area contributed by atoms with Crippen molar-refractivity contribution in [2.75, 3.05) is 0 Å². The fourth-order valence-corrected chi connectivity index (χ4v) is 5.18. The first-order valence-corrected chi connectivity index (χ1v) is 10.5. The molecule has 2 aromatic rings. The van der Waals surface area contributed by atoms with Crippen LogP contribution in [0.2, 0.25) is 0 Å². The molecule has 1 N–H and O–H groups in total. The summed E-state index contributed by atoms with van der Waals surface area (Å²) < 4.78 is 0. The van der Waals surface area contributed by atoms with Gasteiger partial charge in [-0.3, -0.25) is 0 Å². The lowest BCUT2D eigenvalue weighted by molar-refractivity contribution is 0.439. The Labute approximate surface area is 163 Å². The Bertz CT molecular complexity index is 967. The molecule has 27 heavy (non-hydrogen) atoms. The highest BCUT2D eigenvalue weighted by atomic mass is 14.5. The van der Waals surface area contributed by atoms with Gasteiger partial charge in [0.05, 0.1) is 0 Å². The third kappa shape index (κ3) is 2.98. The Hall–Kier alpha value is -2.15. The van der Waals surface area contributed by atoms with Crippen LogP contribution in [0, 0.1) is 17.2 Å². The summed E-state index contributed by atoms with van der Waals surface area (Å²) in [5, 5.41) is 11.7. The Morgan fingerprint density at radius 1 is 0.889 bits per heavy atom. The quantitative estimate of drug-likeness (QED) is 0.548. The number of rotatable bonds is 3. The lowest BCUT2D eigenvalue weighted by Gasteiger charge is -2.26. The van der Waals surface area contributed by atoms with E-state index in [9.17, 15) is 5.41 Å². The predicted molar refractivity (Wildman–Crippen MR) is 117 cm³/mol. The first-order chi connectivity index (χ1) is 13.0. The standard InChI is InChI=1S/C26H31N/c1-16-17(2)19(4)24(18(16)3)23-15-14-20-10-8-9-13-22(20)25(23)26(27)21-11-6-5-7-12-21/h8-10,13-15,18,21,27H,5-7,11-12H2,1-4H3. The van der Waals surface area contributed by atoms with E-state index in [-0.39, 0.29) is 0 Å². The molecule has 0 bridgehead atoms. The Morgan fingerprint density at radius 3 is 2.26 bits per heavy atom. The highest BCUT2D eigenvalue weighted by molar-refractivity contribution is 6.14. The predicted octanol–water partition coefficient (Wildman–Crippen LogP) is 7.55. The van der Waals surface area contributed by atoms with Crippen LogP contribution in [-0.2, 0) is 0 Å². The van der Waals surface area contributed by atoms with E-state index >= 15 is 0 Å². The van der Waals surface area contributed by atoms with Crippen molar-refractivity contribution < 1.29 is 0 Å². The molecule has 0 aromatic heterocycles. The van der Waals surface area contributed by atoms with Gasteiger partial charge in [0.2, 0.25) is 0 Å². The molecule has 0 amide bonds. The van der Waals surface area contributed by atoms with E-state index in [0.29, 0.717) is 11.8 Å². The highest BCUT2D eigenvalue weighted by Gasteiger charge is 2.29. The van der Waals surface area contributed by atoms with Crippen LogP contribution >= 0.6 is 0 Å². The molecule has 1 atom stereocenters. The molecule has 0 saturated heterocycles. The van der Waals surface area contributed by atoms with Gasteiger partial charge in [0.1, 0.15) is 0 Å². The maximum atomic E-state index is 9.21. The van der Waals surface area contributed by atoms with E-state index in [1.54, 1.807) is 0 Å². The van der Waals surface area contributed by atoms with E-state index in [4.69, 9.17) is 0 Å². The second kappa shape index (κ2) is 7.11. The molecule has 2 aliphatic rings. The summed E-state index contributed by atoms with van der Waals surface area (Å²) in [6.45, 7) is 9.11. The van der Waals surface area contributed by atoms with Crippen LogP contribution in [0.1, 0.15) is 70.9 Å². The van der Waals surface area contributed by atoms with E-state index in [0.717, 1.165) is 5.71 Å². The van der Waals surface area contributed by atoms with Crippen molar-refractivity contribution in [1.29, 1.82) is 5.41 Å². The van der Waals surface area contributed by atoms with Crippen LogP contribution < -0.4 is 0 Å². The van der Waals surface area contributed by atoms with Crippen LogP contribution in [-0.4, -0.2) is 5.71 Å². The zero-order valence-electron chi connectivity index (χ0n) is 17.2. The normalized spacial score (nSPS) is 21.4. The summed E-state index contributed by atoms with van der Waals surface area (Å²) in [5.74, 6) is 0.847. The second-order valence-electron chi connectivity index (χ2n) is 8.53. The summed E-state index contributed by atoms with van der Waals surface area (Å²) in [6.07, 6.45) is 6.21. The van der Waals surface area contributed by atoms with Crippen molar-refractivity contribution in [2.24, 2.45) is 11.8 Å². The third-order valence-electron chi connectivity index (χ3n) is 7.14. The van der Waals surface area contributed by atoms with Crippen molar-refractivity contribution >= 4 is 22.1 Å². The van der Waals surface area contributed by atoms with Crippen LogP contribution in [0.15, 0.2) is 53.1 Å². The molecule has 4 rings (SSSR count). The van der Waals surface area contributed by atoms with Crippen LogP contribution in [0.4, 0.5) is 0 Å². The fraction of sp³-hybridized carbons (Fsp3) is 0.423. The number of benzene rings is 2. The van der Waals surface area contributed by atoms with Crippen LogP contribution in [0.25, 0.3) is 16.3 Å². The van der Waals surface area contributed by atoms with Gasteiger partial charge in [-0.1, -0.05) is 68.2 Å². The molecule has 2 aromatic carbocycles. The second-order valence-corrected chi connectivity index (χ2v) is 8.53. The Kier molecular flexibility index (Phi) is 4.80. The van der Waals surface area contributed by atoms with Gasteiger partial charge >= 0.3 is 0 Å². The average molecular weight is 358 g/mol. The maximum Gasteiger partial charge on any atom is 0.0429 e. The molecule has 1 fully saturated rings. The van der Waals surface area contributed by atoms with Crippen molar-refractivity contribution in [3.63, 3.8) is 0 Å². The van der Waals surface area contributed by atoms with Gasteiger partial charge in [-0.2, -0.15) is 0 Å². The van der Waals surface area contributed by atoms with Gasteiger partial charge in [-0.05, 0) is 66.7 Å². The summed E-state index contributed by atoms with van der Waals surface area (Å²) in [5.41, 5.74) is 9.12. The zero-order chi connectivity index (χ0) is 19.1. The number of hydrogen-bond donors (Lipinski definition) is 1. The minimum Gasteiger partial charge on any atom is -0.304 e.